The van der Waals surface area contributed by atoms with Crippen LogP contribution in [0.15, 0.2) is 60.2 Å². The van der Waals surface area contributed by atoms with Crippen molar-refractivity contribution in [1.82, 2.24) is 4.90 Å². The van der Waals surface area contributed by atoms with Crippen LogP contribution in [-0.4, -0.2) is 32.6 Å². The predicted molar refractivity (Wildman–Crippen MR) is 106 cm³/mol. The average molecular weight is 335 g/mol. The van der Waals surface area contributed by atoms with E-state index >= 15 is 0 Å². The van der Waals surface area contributed by atoms with E-state index in [9.17, 15) is 0 Å². The molecule has 1 aliphatic rings. The summed E-state index contributed by atoms with van der Waals surface area (Å²) in [6.07, 6.45) is 5.98. The summed E-state index contributed by atoms with van der Waals surface area (Å²) in [5, 5.41) is 0. The SMILES string of the molecule is COc1cccc([C@@H]2C/C(=C/c3ccccc3)CC[C@H]2CN(C)C)c1. The highest BCUT2D eigenvalue weighted by molar-refractivity contribution is 5.53. The van der Waals surface area contributed by atoms with Crippen molar-refractivity contribution in [3.8, 4) is 5.75 Å². The average Bonchev–Trinajstić information content (AvgIpc) is 2.63. The molecule has 0 spiro atoms. The van der Waals surface area contributed by atoms with Crippen LogP contribution >= 0.6 is 0 Å². The Bertz CT molecular complexity index is 705. The number of ether oxygens (including phenoxy) is 1. The van der Waals surface area contributed by atoms with Gasteiger partial charge in [-0.3, -0.25) is 0 Å². The van der Waals surface area contributed by atoms with Gasteiger partial charge in [0, 0.05) is 6.54 Å². The molecule has 0 aliphatic heterocycles. The summed E-state index contributed by atoms with van der Waals surface area (Å²) >= 11 is 0. The van der Waals surface area contributed by atoms with Gasteiger partial charge in [0.15, 0.2) is 0 Å². The lowest BCUT2D eigenvalue weighted by Gasteiger charge is -2.35. The molecule has 0 N–H and O–H groups in total. The maximum absolute atomic E-state index is 5.46. The van der Waals surface area contributed by atoms with Crippen LogP contribution in [0.2, 0.25) is 0 Å². The van der Waals surface area contributed by atoms with Crippen LogP contribution in [0.1, 0.15) is 36.3 Å². The molecule has 0 saturated heterocycles. The lowest BCUT2D eigenvalue weighted by atomic mass is 9.73. The van der Waals surface area contributed by atoms with E-state index in [2.05, 4.69) is 73.6 Å². The van der Waals surface area contributed by atoms with Crippen molar-refractivity contribution in [3.05, 3.63) is 71.3 Å². The molecule has 0 radical (unpaired) electrons. The Balaban J connectivity index is 1.86. The molecule has 0 aromatic heterocycles. The van der Waals surface area contributed by atoms with E-state index in [0.717, 1.165) is 18.7 Å². The summed E-state index contributed by atoms with van der Waals surface area (Å²) in [6, 6.07) is 19.3. The number of rotatable bonds is 5. The number of methoxy groups -OCH3 is 1. The van der Waals surface area contributed by atoms with Gasteiger partial charge in [-0.05, 0) is 68.5 Å². The molecule has 2 aromatic carbocycles. The van der Waals surface area contributed by atoms with Crippen molar-refractivity contribution in [2.24, 2.45) is 5.92 Å². The molecule has 2 aromatic rings. The van der Waals surface area contributed by atoms with E-state index in [-0.39, 0.29) is 0 Å². The van der Waals surface area contributed by atoms with Crippen LogP contribution in [0.5, 0.6) is 5.75 Å². The third-order valence-electron chi connectivity index (χ3n) is 5.18. The van der Waals surface area contributed by atoms with Gasteiger partial charge in [-0.15, -0.1) is 0 Å². The first-order valence-electron chi connectivity index (χ1n) is 9.19. The summed E-state index contributed by atoms with van der Waals surface area (Å²) in [5.41, 5.74) is 4.28. The van der Waals surface area contributed by atoms with Gasteiger partial charge in [0.25, 0.3) is 0 Å². The maximum Gasteiger partial charge on any atom is 0.119 e. The van der Waals surface area contributed by atoms with Gasteiger partial charge in [0.1, 0.15) is 5.75 Å². The van der Waals surface area contributed by atoms with Gasteiger partial charge in [-0.2, -0.15) is 0 Å². The first-order valence-corrected chi connectivity index (χ1v) is 9.19. The second-order valence-electron chi connectivity index (χ2n) is 7.36. The monoisotopic (exact) mass is 335 g/mol. The topological polar surface area (TPSA) is 12.5 Å². The molecule has 0 unspecified atom stereocenters. The largest absolute Gasteiger partial charge is 0.497 e. The number of nitrogens with zero attached hydrogens (tertiary/aromatic N) is 1. The van der Waals surface area contributed by atoms with Crippen molar-refractivity contribution < 1.29 is 4.74 Å². The first kappa shape index (κ1) is 17.8. The number of allylic oxidation sites excluding steroid dienone is 1. The summed E-state index contributed by atoms with van der Waals surface area (Å²) < 4.78 is 5.46. The van der Waals surface area contributed by atoms with E-state index in [0.29, 0.717) is 11.8 Å². The molecule has 0 bridgehead atoms. The van der Waals surface area contributed by atoms with E-state index in [4.69, 9.17) is 4.74 Å². The minimum absolute atomic E-state index is 0.557. The van der Waals surface area contributed by atoms with Crippen LogP contribution in [0.3, 0.4) is 0 Å². The minimum atomic E-state index is 0.557. The van der Waals surface area contributed by atoms with Gasteiger partial charge in [-0.25, -0.2) is 0 Å². The van der Waals surface area contributed by atoms with Crippen LogP contribution < -0.4 is 4.74 Å². The molecule has 132 valence electrons. The molecule has 2 atom stereocenters. The highest BCUT2D eigenvalue weighted by Crippen LogP contribution is 2.42. The summed E-state index contributed by atoms with van der Waals surface area (Å²) in [4.78, 5) is 2.32. The van der Waals surface area contributed by atoms with E-state index < -0.39 is 0 Å². The van der Waals surface area contributed by atoms with Crippen molar-refractivity contribution in [1.29, 1.82) is 0 Å². The molecule has 1 saturated carbocycles. The normalized spacial score (nSPS) is 22.3. The lowest BCUT2D eigenvalue weighted by Crippen LogP contribution is -2.29. The standard InChI is InChI=1S/C23H29NO/c1-24(2)17-21-13-12-19(14-18-8-5-4-6-9-18)15-23(21)20-10-7-11-22(16-20)25-3/h4-11,14,16,21,23H,12-13,15,17H2,1-3H3/b19-14+/t21-,23-/m0/s1. The second-order valence-corrected chi connectivity index (χ2v) is 7.36. The van der Waals surface area contributed by atoms with E-state index in [1.54, 1.807) is 12.7 Å². The third kappa shape index (κ3) is 4.73. The molecule has 3 rings (SSSR count). The maximum atomic E-state index is 5.46. The van der Waals surface area contributed by atoms with Crippen LogP contribution in [0, 0.1) is 5.92 Å². The molecule has 1 fully saturated rings. The molecule has 2 heteroatoms. The molecule has 25 heavy (non-hydrogen) atoms. The molecular weight excluding hydrogens is 306 g/mol. The van der Waals surface area contributed by atoms with E-state index in [1.807, 2.05) is 6.07 Å². The Labute approximate surface area is 152 Å². The summed E-state index contributed by atoms with van der Waals surface area (Å²) in [7, 11) is 6.11. The lowest BCUT2D eigenvalue weighted by molar-refractivity contribution is 0.256. The molecule has 0 amide bonds. The molecule has 0 heterocycles. The fraction of sp³-hybridized carbons (Fsp3) is 0.391. The Morgan fingerprint density at radius 2 is 1.88 bits per heavy atom. The zero-order valence-corrected chi connectivity index (χ0v) is 15.6. The van der Waals surface area contributed by atoms with Gasteiger partial charge < -0.3 is 9.64 Å². The van der Waals surface area contributed by atoms with Crippen molar-refractivity contribution in [2.45, 2.75) is 25.2 Å². The second kappa shape index (κ2) is 8.35. The first-order chi connectivity index (χ1) is 12.2. The smallest absolute Gasteiger partial charge is 0.119 e. The van der Waals surface area contributed by atoms with Crippen molar-refractivity contribution in [3.63, 3.8) is 0 Å². The van der Waals surface area contributed by atoms with Crippen LogP contribution in [-0.2, 0) is 0 Å². The number of hydrogen-bond acceptors (Lipinski definition) is 2. The fourth-order valence-electron chi connectivity index (χ4n) is 3.99. The number of benzene rings is 2. The third-order valence-corrected chi connectivity index (χ3v) is 5.18. The van der Waals surface area contributed by atoms with Gasteiger partial charge in [0.2, 0.25) is 0 Å². The summed E-state index contributed by atoms with van der Waals surface area (Å²) in [5.74, 6) is 2.21. The fourth-order valence-corrected chi connectivity index (χ4v) is 3.99. The molecule has 2 nitrogen and oxygen atoms in total. The Kier molecular flexibility index (Phi) is 5.93. The Morgan fingerprint density at radius 1 is 1.08 bits per heavy atom. The van der Waals surface area contributed by atoms with Crippen molar-refractivity contribution in [2.75, 3.05) is 27.7 Å². The highest BCUT2D eigenvalue weighted by atomic mass is 16.5. The zero-order valence-electron chi connectivity index (χ0n) is 15.6. The van der Waals surface area contributed by atoms with E-state index in [1.165, 1.54) is 24.0 Å². The van der Waals surface area contributed by atoms with Crippen LogP contribution in [0.25, 0.3) is 6.08 Å². The quantitative estimate of drug-likeness (QED) is 0.742. The Morgan fingerprint density at radius 3 is 2.60 bits per heavy atom. The van der Waals surface area contributed by atoms with Gasteiger partial charge in [0.05, 0.1) is 7.11 Å². The van der Waals surface area contributed by atoms with Gasteiger partial charge >= 0.3 is 0 Å². The van der Waals surface area contributed by atoms with Crippen LogP contribution in [0.4, 0.5) is 0 Å². The van der Waals surface area contributed by atoms with Gasteiger partial charge in [-0.1, -0.05) is 54.1 Å². The predicted octanol–water partition coefficient (Wildman–Crippen LogP) is 5.22. The zero-order chi connectivity index (χ0) is 17.6. The molecule has 1 aliphatic carbocycles. The van der Waals surface area contributed by atoms with Crippen molar-refractivity contribution >= 4 is 6.08 Å². The minimum Gasteiger partial charge on any atom is -0.497 e. The highest BCUT2D eigenvalue weighted by Gasteiger charge is 2.29. The molecular formula is C23H29NO. The number of hydrogen-bond donors (Lipinski definition) is 0. The summed E-state index contributed by atoms with van der Waals surface area (Å²) in [6.45, 7) is 1.14. The Hall–Kier alpha value is -2.06.